The van der Waals surface area contributed by atoms with Crippen molar-refractivity contribution < 1.29 is 9.18 Å². The molecule has 3 nitrogen and oxygen atoms in total. The summed E-state index contributed by atoms with van der Waals surface area (Å²) in [5, 5.41) is 6.10. The van der Waals surface area contributed by atoms with E-state index < -0.39 is 0 Å². The molecule has 1 fully saturated rings. The van der Waals surface area contributed by atoms with Gasteiger partial charge in [-0.25, -0.2) is 4.39 Å². The smallest absolute Gasteiger partial charge is 0.253 e. The van der Waals surface area contributed by atoms with Crippen molar-refractivity contribution in [2.45, 2.75) is 57.9 Å². The summed E-state index contributed by atoms with van der Waals surface area (Å²) in [5.41, 5.74) is 0.734. The van der Waals surface area contributed by atoms with Crippen molar-refractivity contribution in [3.05, 3.63) is 29.6 Å². The lowest BCUT2D eigenvalue weighted by Crippen LogP contribution is -2.35. The molecule has 1 saturated carbocycles. The second-order valence-corrected chi connectivity index (χ2v) is 5.75. The number of carbonyl (C=O) groups is 1. The van der Waals surface area contributed by atoms with Crippen LogP contribution in [0.15, 0.2) is 18.2 Å². The summed E-state index contributed by atoms with van der Waals surface area (Å²) in [5.74, 6) is -0.531. The molecule has 4 heteroatoms. The van der Waals surface area contributed by atoms with Gasteiger partial charge >= 0.3 is 0 Å². The molecule has 0 heterocycles. The van der Waals surface area contributed by atoms with E-state index in [0.717, 1.165) is 32.1 Å². The number of para-hydroxylation sites is 1. The minimum Gasteiger partial charge on any atom is -0.382 e. The van der Waals surface area contributed by atoms with Gasteiger partial charge in [-0.3, -0.25) is 4.79 Å². The maximum absolute atomic E-state index is 13.9. The third kappa shape index (κ3) is 4.45. The lowest BCUT2D eigenvalue weighted by Gasteiger charge is -2.18. The normalized spacial score (nSPS) is 16.3. The van der Waals surface area contributed by atoms with Gasteiger partial charge in [0.05, 0.1) is 11.3 Å². The van der Waals surface area contributed by atoms with E-state index in [0.29, 0.717) is 17.8 Å². The Morgan fingerprint density at radius 1 is 1.24 bits per heavy atom. The molecule has 1 aromatic carbocycles. The summed E-state index contributed by atoms with van der Waals surface area (Å²) >= 11 is 0. The molecular formula is C17H25FN2O. The number of rotatable bonds is 5. The Hall–Kier alpha value is -1.58. The van der Waals surface area contributed by atoms with Gasteiger partial charge in [0, 0.05) is 12.6 Å². The van der Waals surface area contributed by atoms with Crippen molar-refractivity contribution in [3.8, 4) is 0 Å². The van der Waals surface area contributed by atoms with Crippen molar-refractivity contribution in [1.82, 2.24) is 5.32 Å². The number of carbonyl (C=O) groups excluding carboxylic acids is 1. The van der Waals surface area contributed by atoms with E-state index in [4.69, 9.17) is 0 Å². The van der Waals surface area contributed by atoms with Crippen LogP contribution in [0.2, 0.25) is 0 Å². The summed E-state index contributed by atoms with van der Waals surface area (Å²) in [6.45, 7) is 2.67. The molecule has 21 heavy (non-hydrogen) atoms. The van der Waals surface area contributed by atoms with Gasteiger partial charge in [0.15, 0.2) is 0 Å². The van der Waals surface area contributed by atoms with Crippen molar-refractivity contribution in [2.24, 2.45) is 0 Å². The molecule has 1 aliphatic rings. The molecule has 0 atom stereocenters. The van der Waals surface area contributed by atoms with Crippen LogP contribution < -0.4 is 10.6 Å². The van der Waals surface area contributed by atoms with Crippen LogP contribution >= 0.6 is 0 Å². The topological polar surface area (TPSA) is 41.1 Å². The first-order valence-electron chi connectivity index (χ1n) is 8.05. The van der Waals surface area contributed by atoms with E-state index >= 15 is 0 Å². The zero-order valence-corrected chi connectivity index (χ0v) is 12.8. The van der Waals surface area contributed by atoms with Gasteiger partial charge < -0.3 is 10.6 Å². The van der Waals surface area contributed by atoms with Crippen molar-refractivity contribution in [3.63, 3.8) is 0 Å². The van der Waals surface area contributed by atoms with Gasteiger partial charge in [-0.05, 0) is 31.4 Å². The highest BCUT2D eigenvalue weighted by Gasteiger charge is 2.19. The van der Waals surface area contributed by atoms with Gasteiger partial charge in [-0.2, -0.15) is 0 Å². The van der Waals surface area contributed by atoms with Crippen LogP contribution in [0.25, 0.3) is 0 Å². The van der Waals surface area contributed by atoms with Crippen LogP contribution in [0, 0.1) is 5.82 Å². The average Bonchev–Trinajstić information content (AvgIpc) is 2.74. The highest BCUT2D eigenvalue weighted by molar-refractivity contribution is 5.99. The summed E-state index contributed by atoms with van der Waals surface area (Å²) in [4.78, 5) is 12.4. The monoisotopic (exact) mass is 292 g/mol. The average molecular weight is 292 g/mol. The molecule has 1 amide bonds. The van der Waals surface area contributed by atoms with Crippen LogP contribution in [0.1, 0.15) is 62.2 Å². The second-order valence-electron chi connectivity index (χ2n) is 5.75. The Morgan fingerprint density at radius 2 is 1.95 bits per heavy atom. The molecule has 0 aromatic heterocycles. The Kier molecular flexibility index (Phi) is 6.03. The van der Waals surface area contributed by atoms with Crippen LogP contribution in [-0.4, -0.2) is 18.5 Å². The SMILES string of the molecule is CCCNc1c(F)cccc1C(=O)NC1CCCCCC1. The standard InChI is InChI=1S/C17H25FN2O/c1-2-12-19-16-14(10-7-11-15(16)18)17(21)20-13-8-5-3-4-6-9-13/h7,10-11,13,19H,2-6,8-9,12H2,1H3,(H,20,21). The molecule has 2 N–H and O–H groups in total. The Morgan fingerprint density at radius 3 is 2.62 bits per heavy atom. The van der Waals surface area contributed by atoms with E-state index in [9.17, 15) is 9.18 Å². The Bertz CT molecular complexity index is 468. The number of hydrogen-bond acceptors (Lipinski definition) is 2. The molecule has 0 unspecified atom stereocenters. The predicted octanol–water partition coefficient (Wildman–Crippen LogP) is 4.10. The summed E-state index contributed by atoms with van der Waals surface area (Å²) in [7, 11) is 0. The fraction of sp³-hybridized carbons (Fsp3) is 0.588. The summed E-state index contributed by atoms with van der Waals surface area (Å²) < 4.78 is 13.9. The molecule has 0 radical (unpaired) electrons. The molecule has 0 spiro atoms. The van der Waals surface area contributed by atoms with E-state index in [1.807, 2.05) is 6.92 Å². The van der Waals surface area contributed by atoms with Crippen molar-refractivity contribution in [1.29, 1.82) is 0 Å². The van der Waals surface area contributed by atoms with Gasteiger partial charge in [-0.15, -0.1) is 0 Å². The fourth-order valence-electron chi connectivity index (χ4n) is 2.83. The third-order valence-electron chi connectivity index (χ3n) is 4.00. The zero-order chi connectivity index (χ0) is 15.1. The lowest BCUT2D eigenvalue weighted by atomic mass is 10.1. The van der Waals surface area contributed by atoms with Gasteiger partial charge in [0.2, 0.25) is 0 Å². The number of halogens is 1. The fourth-order valence-corrected chi connectivity index (χ4v) is 2.83. The first kappa shape index (κ1) is 15.8. The van der Waals surface area contributed by atoms with E-state index in [1.165, 1.54) is 18.9 Å². The molecule has 0 aliphatic heterocycles. The summed E-state index contributed by atoms with van der Waals surface area (Å²) in [6, 6.07) is 4.89. The highest BCUT2D eigenvalue weighted by Crippen LogP contribution is 2.22. The van der Waals surface area contributed by atoms with Gasteiger partial charge in [-0.1, -0.05) is 38.7 Å². The lowest BCUT2D eigenvalue weighted by molar-refractivity contribution is 0.0934. The molecule has 116 valence electrons. The van der Waals surface area contributed by atoms with Crippen molar-refractivity contribution in [2.75, 3.05) is 11.9 Å². The van der Waals surface area contributed by atoms with E-state index in [2.05, 4.69) is 10.6 Å². The summed E-state index contributed by atoms with van der Waals surface area (Å²) in [6.07, 6.45) is 7.75. The maximum atomic E-state index is 13.9. The van der Waals surface area contributed by atoms with Crippen LogP contribution in [-0.2, 0) is 0 Å². The third-order valence-corrected chi connectivity index (χ3v) is 4.00. The first-order valence-corrected chi connectivity index (χ1v) is 8.05. The number of hydrogen-bond donors (Lipinski definition) is 2. The van der Waals surface area contributed by atoms with Gasteiger partial charge in [0.1, 0.15) is 5.82 Å². The largest absolute Gasteiger partial charge is 0.382 e. The van der Waals surface area contributed by atoms with E-state index in [-0.39, 0.29) is 17.8 Å². The van der Waals surface area contributed by atoms with Crippen molar-refractivity contribution >= 4 is 11.6 Å². The number of benzene rings is 1. The minimum atomic E-state index is -0.364. The minimum absolute atomic E-state index is 0.167. The van der Waals surface area contributed by atoms with E-state index in [1.54, 1.807) is 12.1 Å². The maximum Gasteiger partial charge on any atom is 0.253 e. The van der Waals surface area contributed by atoms with Crippen LogP contribution in [0.4, 0.5) is 10.1 Å². The molecular weight excluding hydrogens is 267 g/mol. The quantitative estimate of drug-likeness (QED) is 0.802. The second kappa shape index (κ2) is 8.01. The van der Waals surface area contributed by atoms with Crippen LogP contribution in [0.5, 0.6) is 0 Å². The highest BCUT2D eigenvalue weighted by atomic mass is 19.1. The first-order chi connectivity index (χ1) is 10.2. The predicted molar refractivity (Wildman–Crippen MR) is 84.1 cm³/mol. The Labute approximate surface area is 126 Å². The molecule has 0 saturated heterocycles. The molecule has 1 aliphatic carbocycles. The molecule has 2 rings (SSSR count). The number of amides is 1. The molecule has 0 bridgehead atoms. The van der Waals surface area contributed by atoms with Gasteiger partial charge in [0.25, 0.3) is 5.91 Å². The van der Waals surface area contributed by atoms with Crippen LogP contribution in [0.3, 0.4) is 0 Å². The zero-order valence-electron chi connectivity index (χ0n) is 12.8. The number of anilines is 1. The number of nitrogens with one attached hydrogen (secondary N) is 2. The molecule has 1 aromatic rings. The Balaban J connectivity index is 2.08.